The predicted molar refractivity (Wildman–Crippen MR) is 71.8 cm³/mol. The molecule has 0 unspecified atom stereocenters. The van der Waals surface area contributed by atoms with Crippen LogP contribution in [0.4, 0.5) is 5.69 Å². The van der Waals surface area contributed by atoms with Crippen LogP contribution in [0.5, 0.6) is 0 Å². The van der Waals surface area contributed by atoms with Crippen molar-refractivity contribution >= 4 is 15.5 Å². The molecule has 2 N–H and O–H groups in total. The van der Waals surface area contributed by atoms with Gasteiger partial charge in [0.1, 0.15) is 15.5 Å². The average molecular weight is 265 g/mol. The summed E-state index contributed by atoms with van der Waals surface area (Å²) in [7, 11) is -2.99. The van der Waals surface area contributed by atoms with Gasteiger partial charge in [0.15, 0.2) is 0 Å². The Morgan fingerprint density at radius 2 is 1.94 bits per heavy atom. The normalized spacial score (nSPS) is 11.6. The monoisotopic (exact) mass is 265 g/mol. The number of nitrogen functional groups attached to an aromatic ring is 1. The molecule has 1 heterocycles. The van der Waals surface area contributed by atoms with Gasteiger partial charge in [0.2, 0.25) is 0 Å². The van der Waals surface area contributed by atoms with Crippen molar-refractivity contribution in [1.29, 1.82) is 0 Å². The van der Waals surface area contributed by atoms with Crippen molar-refractivity contribution < 1.29 is 8.42 Å². The molecule has 0 radical (unpaired) electrons. The van der Waals surface area contributed by atoms with Gasteiger partial charge >= 0.3 is 0 Å². The first-order chi connectivity index (χ1) is 8.46. The molecular formula is C12H15N3O2S. The molecule has 5 nitrogen and oxygen atoms in total. The minimum absolute atomic E-state index is 0.0579. The Hall–Kier alpha value is -1.82. The first-order valence-electron chi connectivity index (χ1n) is 5.52. The minimum atomic E-state index is -2.99. The molecule has 1 aromatic heterocycles. The summed E-state index contributed by atoms with van der Waals surface area (Å²) in [6.45, 7) is 0.315. The van der Waals surface area contributed by atoms with E-state index in [0.29, 0.717) is 17.9 Å². The summed E-state index contributed by atoms with van der Waals surface area (Å²) in [5.41, 5.74) is 8.04. The lowest BCUT2D eigenvalue weighted by Gasteiger charge is -1.99. The molecule has 2 aromatic rings. The zero-order chi connectivity index (χ0) is 13.2. The van der Waals surface area contributed by atoms with Crippen LogP contribution in [0.15, 0.2) is 36.5 Å². The number of nitrogens with two attached hydrogens (primary N) is 1. The zero-order valence-corrected chi connectivity index (χ0v) is 10.9. The minimum Gasteiger partial charge on any atom is -0.396 e. The summed E-state index contributed by atoms with van der Waals surface area (Å²) < 4.78 is 23.8. The van der Waals surface area contributed by atoms with E-state index in [1.54, 1.807) is 10.9 Å². The predicted octanol–water partition coefficient (Wildman–Crippen LogP) is 1.18. The summed E-state index contributed by atoms with van der Waals surface area (Å²) in [6.07, 6.45) is 2.87. The van der Waals surface area contributed by atoms with E-state index in [1.807, 2.05) is 30.3 Å². The van der Waals surface area contributed by atoms with Gasteiger partial charge in [0, 0.05) is 18.0 Å². The van der Waals surface area contributed by atoms with Crippen LogP contribution < -0.4 is 5.73 Å². The molecular weight excluding hydrogens is 250 g/mol. The number of nitrogens with zero attached hydrogens (tertiary/aromatic N) is 2. The van der Waals surface area contributed by atoms with Crippen LogP contribution in [0.2, 0.25) is 0 Å². The molecule has 18 heavy (non-hydrogen) atoms. The van der Waals surface area contributed by atoms with Crippen molar-refractivity contribution in [3.63, 3.8) is 0 Å². The van der Waals surface area contributed by atoms with Crippen LogP contribution in [0.1, 0.15) is 0 Å². The number of aryl methyl sites for hydroxylation is 1. The average Bonchev–Trinajstić information content (AvgIpc) is 2.68. The highest BCUT2D eigenvalue weighted by atomic mass is 32.2. The molecule has 0 fully saturated rings. The Morgan fingerprint density at radius 1 is 1.28 bits per heavy atom. The maximum absolute atomic E-state index is 11.1. The fraction of sp³-hybridized carbons (Fsp3) is 0.250. The van der Waals surface area contributed by atoms with Crippen molar-refractivity contribution in [2.75, 3.05) is 17.7 Å². The molecule has 0 atom stereocenters. The number of anilines is 1. The van der Waals surface area contributed by atoms with E-state index < -0.39 is 9.84 Å². The molecule has 6 heteroatoms. The van der Waals surface area contributed by atoms with Crippen LogP contribution in [-0.2, 0) is 16.4 Å². The van der Waals surface area contributed by atoms with E-state index >= 15 is 0 Å². The number of aromatic nitrogens is 2. The van der Waals surface area contributed by atoms with Gasteiger partial charge in [-0.25, -0.2) is 8.42 Å². The molecule has 0 aliphatic rings. The van der Waals surface area contributed by atoms with E-state index in [-0.39, 0.29) is 5.75 Å². The number of sulfone groups is 1. The van der Waals surface area contributed by atoms with E-state index in [4.69, 9.17) is 5.73 Å². The van der Waals surface area contributed by atoms with E-state index in [1.165, 1.54) is 6.26 Å². The SMILES string of the molecule is CS(=O)(=O)CCn1cc(N)c(-c2ccccc2)n1. The maximum atomic E-state index is 11.1. The van der Waals surface area contributed by atoms with Crippen molar-refractivity contribution in [3.05, 3.63) is 36.5 Å². The Kier molecular flexibility index (Phi) is 3.38. The Morgan fingerprint density at radius 3 is 2.56 bits per heavy atom. The Balaban J connectivity index is 2.23. The number of hydrogen-bond donors (Lipinski definition) is 1. The molecule has 0 saturated heterocycles. The van der Waals surface area contributed by atoms with Gasteiger partial charge in [0.25, 0.3) is 0 Å². The van der Waals surface area contributed by atoms with Gasteiger partial charge in [-0.1, -0.05) is 30.3 Å². The highest BCUT2D eigenvalue weighted by Gasteiger charge is 2.09. The fourth-order valence-corrected chi connectivity index (χ4v) is 2.15. The van der Waals surface area contributed by atoms with Crippen LogP contribution in [0, 0.1) is 0 Å². The third-order valence-corrected chi connectivity index (χ3v) is 3.45. The second kappa shape index (κ2) is 4.81. The van der Waals surface area contributed by atoms with Crippen LogP contribution in [0.25, 0.3) is 11.3 Å². The molecule has 0 amide bonds. The number of hydrogen-bond acceptors (Lipinski definition) is 4. The molecule has 0 aliphatic heterocycles. The lowest BCUT2D eigenvalue weighted by Crippen LogP contribution is -2.11. The molecule has 0 spiro atoms. The smallest absolute Gasteiger partial charge is 0.149 e. The van der Waals surface area contributed by atoms with Gasteiger partial charge in [0.05, 0.1) is 18.0 Å². The van der Waals surface area contributed by atoms with Crippen LogP contribution >= 0.6 is 0 Å². The van der Waals surface area contributed by atoms with Gasteiger partial charge in [-0.2, -0.15) is 5.10 Å². The molecule has 96 valence electrons. The third-order valence-electron chi connectivity index (χ3n) is 2.53. The second-order valence-electron chi connectivity index (χ2n) is 4.19. The quantitative estimate of drug-likeness (QED) is 0.900. The summed E-state index contributed by atoms with van der Waals surface area (Å²) >= 11 is 0. The van der Waals surface area contributed by atoms with Gasteiger partial charge < -0.3 is 5.73 Å². The first-order valence-corrected chi connectivity index (χ1v) is 7.58. The first kappa shape index (κ1) is 12.6. The molecule has 0 aliphatic carbocycles. The maximum Gasteiger partial charge on any atom is 0.149 e. The van der Waals surface area contributed by atoms with E-state index in [2.05, 4.69) is 5.10 Å². The topological polar surface area (TPSA) is 78.0 Å². The lowest BCUT2D eigenvalue weighted by atomic mass is 10.1. The number of rotatable bonds is 4. The van der Waals surface area contributed by atoms with Gasteiger partial charge in [-0.15, -0.1) is 0 Å². The highest BCUT2D eigenvalue weighted by molar-refractivity contribution is 7.90. The van der Waals surface area contributed by atoms with Crippen LogP contribution in [-0.4, -0.2) is 30.2 Å². The Labute approximate surface area is 106 Å². The summed E-state index contributed by atoms with van der Waals surface area (Å²) in [5.74, 6) is 0.0579. The summed E-state index contributed by atoms with van der Waals surface area (Å²) in [4.78, 5) is 0. The third kappa shape index (κ3) is 3.10. The largest absolute Gasteiger partial charge is 0.396 e. The zero-order valence-electron chi connectivity index (χ0n) is 10.1. The fourth-order valence-electron chi connectivity index (χ4n) is 1.63. The van der Waals surface area contributed by atoms with Crippen LogP contribution in [0.3, 0.4) is 0 Å². The lowest BCUT2D eigenvalue weighted by molar-refractivity contribution is 0.586. The van der Waals surface area contributed by atoms with Gasteiger partial charge in [-0.3, -0.25) is 4.68 Å². The van der Waals surface area contributed by atoms with Crippen molar-refractivity contribution in [3.8, 4) is 11.3 Å². The highest BCUT2D eigenvalue weighted by Crippen LogP contribution is 2.23. The standard InChI is InChI=1S/C12H15N3O2S/c1-18(16,17)8-7-15-9-11(13)12(14-15)10-5-3-2-4-6-10/h2-6,9H,7-8,13H2,1H3. The Bertz CT molecular complexity index is 633. The van der Waals surface area contributed by atoms with Crippen molar-refractivity contribution in [2.24, 2.45) is 0 Å². The van der Waals surface area contributed by atoms with Crippen molar-refractivity contribution in [1.82, 2.24) is 9.78 Å². The molecule has 0 bridgehead atoms. The molecule has 2 rings (SSSR count). The molecule has 1 aromatic carbocycles. The van der Waals surface area contributed by atoms with E-state index in [9.17, 15) is 8.42 Å². The second-order valence-corrected chi connectivity index (χ2v) is 6.45. The van der Waals surface area contributed by atoms with Gasteiger partial charge in [-0.05, 0) is 0 Å². The van der Waals surface area contributed by atoms with Crippen molar-refractivity contribution in [2.45, 2.75) is 6.54 Å². The van der Waals surface area contributed by atoms with E-state index in [0.717, 1.165) is 5.56 Å². The number of benzene rings is 1. The summed E-state index contributed by atoms with van der Waals surface area (Å²) in [6, 6.07) is 9.56. The summed E-state index contributed by atoms with van der Waals surface area (Å²) in [5, 5.41) is 4.31. The molecule has 0 saturated carbocycles.